The molecule has 0 unspecified atom stereocenters. The number of rotatable bonds is 4. The summed E-state index contributed by atoms with van der Waals surface area (Å²) in [5, 5.41) is 5.22. The lowest BCUT2D eigenvalue weighted by atomic mass is 10.2. The molecule has 2 aliphatic rings. The van der Waals surface area contributed by atoms with Gasteiger partial charge >= 0.3 is 0 Å². The molecule has 0 radical (unpaired) electrons. The minimum Gasteiger partial charge on any atom is -0.353 e. The third-order valence-electron chi connectivity index (χ3n) is 5.25. The van der Waals surface area contributed by atoms with Gasteiger partial charge in [0, 0.05) is 38.3 Å². The van der Waals surface area contributed by atoms with Crippen molar-refractivity contribution >= 4 is 16.9 Å². The van der Waals surface area contributed by atoms with Crippen molar-refractivity contribution < 1.29 is 4.52 Å². The fraction of sp³-hybridized carbons (Fsp3) is 0.529. The molecule has 1 N–H and O–H groups in total. The van der Waals surface area contributed by atoms with Gasteiger partial charge in [-0.1, -0.05) is 5.16 Å². The molecule has 0 aromatic carbocycles. The van der Waals surface area contributed by atoms with E-state index in [2.05, 4.69) is 41.8 Å². The van der Waals surface area contributed by atoms with E-state index in [9.17, 15) is 0 Å². The molecule has 1 aliphatic heterocycles. The highest BCUT2D eigenvalue weighted by atomic mass is 16.5. The van der Waals surface area contributed by atoms with E-state index in [4.69, 9.17) is 4.52 Å². The third-order valence-corrected chi connectivity index (χ3v) is 5.25. The smallest absolute Gasteiger partial charge is 0.243 e. The zero-order valence-corrected chi connectivity index (χ0v) is 14.2. The van der Waals surface area contributed by atoms with Gasteiger partial charge in [0.1, 0.15) is 17.8 Å². The number of hydrogen-bond acceptors (Lipinski definition) is 7. The Bertz CT molecular complexity index is 876. The second-order valence-corrected chi connectivity index (χ2v) is 6.90. The van der Waals surface area contributed by atoms with Crippen molar-refractivity contribution in [3.63, 3.8) is 0 Å². The van der Waals surface area contributed by atoms with Gasteiger partial charge in [-0.25, -0.2) is 9.97 Å². The van der Waals surface area contributed by atoms with E-state index in [0.29, 0.717) is 5.92 Å². The van der Waals surface area contributed by atoms with Gasteiger partial charge in [-0.15, -0.1) is 0 Å². The average Bonchev–Trinajstić information content (AvgIpc) is 3.19. The Labute approximate surface area is 145 Å². The molecule has 1 aliphatic carbocycles. The van der Waals surface area contributed by atoms with E-state index < -0.39 is 0 Å². The molecule has 3 aromatic heterocycles. The molecule has 0 bridgehead atoms. The maximum atomic E-state index is 5.50. The molecule has 130 valence electrons. The van der Waals surface area contributed by atoms with Crippen LogP contribution in [0.15, 0.2) is 23.1 Å². The zero-order chi connectivity index (χ0) is 16.8. The van der Waals surface area contributed by atoms with E-state index in [-0.39, 0.29) is 6.04 Å². The van der Waals surface area contributed by atoms with Crippen molar-refractivity contribution in [3.8, 4) is 0 Å². The number of anilines is 1. The SMILES string of the molecule is C[C@@H](c1nc(C2CC2)no1)N1CCN(c2ncnc3[nH]ccc23)CC1. The van der Waals surface area contributed by atoms with Gasteiger partial charge in [-0.2, -0.15) is 4.98 Å². The Morgan fingerprint density at radius 1 is 1.20 bits per heavy atom. The quantitative estimate of drug-likeness (QED) is 0.779. The van der Waals surface area contributed by atoms with E-state index in [1.807, 2.05) is 12.3 Å². The lowest BCUT2D eigenvalue weighted by Crippen LogP contribution is -2.47. The van der Waals surface area contributed by atoms with Gasteiger partial charge in [0.2, 0.25) is 5.89 Å². The number of nitrogens with zero attached hydrogens (tertiary/aromatic N) is 6. The van der Waals surface area contributed by atoms with Crippen LogP contribution in [0.3, 0.4) is 0 Å². The van der Waals surface area contributed by atoms with Crippen LogP contribution in [-0.4, -0.2) is 56.2 Å². The van der Waals surface area contributed by atoms with Gasteiger partial charge in [-0.05, 0) is 25.8 Å². The Hall–Kier alpha value is -2.48. The van der Waals surface area contributed by atoms with E-state index in [1.165, 1.54) is 12.8 Å². The highest BCUT2D eigenvalue weighted by Crippen LogP contribution is 2.38. The summed E-state index contributed by atoms with van der Waals surface area (Å²) in [6, 6.07) is 2.19. The van der Waals surface area contributed by atoms with Crippen LogP contribution in [0.25, 0.3) is 11.0 Å². The van der Waals surface area contributed by atoms with Crippen molar-refractivity contribution in [1.29, 1.82) is 0 Å². The molecule has 5 rings (SSSR count). The molecule has 0 spiro atoms. The topological polar surface area (TPSA) is 87.0 Å². The third kappa shape index (κ3) is 2.66. The highest BCUT2D eigenvalue weighted by Gasteiger charge is 2.31. The average molecular weight is 339 g/mol. The van der Waals surface area contributed by atoms with E-state index >= 15 is 0 Å². The Balaban J connectivity index is 1.28. The summed E-state index contributed by atoms with van der Waals surface area (Å²) in [6.45, 7) is 5.88. The van der Waals surface area contributed by atoms with Crippen LogP contribution in [0.2, 0.25) is 0 Å². The molecule has 1 saturated heterocycles. The first kappa shape index (κ1) is 14.8. The van der Waals surface area contributed by atoms with Crippen LogP contribution in [-0.2, 0) is 0 Å². The zero-order valence-electron chi connectivity index (χ0n) is 14.2. The summed E-state index contributed by atoms with van der Waals surface area (Å²) < 4.78 is 5.50. The van der Waals surface area contributed by atoms with Gasteiger partial charge in [0.15, 0.2) is 5.82 Å². The second kappa shape index (κ2) is 5.80. The number of piperazine rings is 1. The Morgan fingerprint density at radius 2 is 2.04 bits per heavy atom. The fourth-order valence-electron chi connectivity index (χ4n) is 3.51. The first-order valence-electron chi connectivity index (χ1n) is 8.90. The molecular formula is C17H21N7O. The summed E-state index contributed by atoms with van der Waals surface area (Å²) in [6.07, 6.45) is 5.92. The standard InChI is InChI=1S/C17H21N7O/c1-11(17-21-14(22-25-17)12-2-3-12)23-6-8-24(9-7-23)16-13-4-5-18-15(13)19-10-20-16/h4-5,10-12H,2-3,6-9H2,1H3,(H,18,19,20)/t11-/m0/s1. The van der Waals surface area contributed by atoms with Gasteiger partial charge < -0.3 is 14.4 Å². The number of aromatic amines is 1. The van der Waals surface area contributed by atoms with Crippen LogP contribution >= 0.6 is 0 Å². The molecule has 8 nitrogen and oxygen atoms in total. The minimum absolute atomic E-state index is 0.153. The molecular weight excluding hydrogens is 318 g/mol. The van der Waals surface area contributed by atoms with Gasteiger partial charge in [-0.3, -0.25) is 4.90 Å². The first-order chi connectivity index (χ1) is 12.3. The molecule has 0 amide bonds. The van der Waals surface area contributed by atoms with Gasteiger partial charge in [0.25, 0.3) is 0 Å². The summed E-state index contributed by atoms with van der Waals surface area (Å²) >= 11 is 0. The van der Waals surface area contributed by atoms with Crippen molar-refractivity contribution in [2.24, 2.45) is 0 Å². The normalized spacial score (nSPS) is 20.3. The van der Waals surface area contributed by atoms with Gasteiger partial charge in [0.05, 0.1) is 11.4 Å². The number of nitrogens with one attached hydrogen (secondary N) is 1. The lowest BCUT2D eigenvalue weighted by molar-refractivity contribution is 0.164. The predicted molar refractivity (Wildman–Crippen MR) is 92.4 cm³/mol. The van der Waals surface area contributed by atoms with Crippen molar-refractivity contribution in [2.75, 3.05) is 31.1 Å². The minimum atomic E-state index is 0.153. The molecule has 1 atom stereocenters. The van der Waals surface area contributed by atoms with Crippen LogP contribution in [0.1, 0.15) is 43.4 Å². The summed E-state index contributed by atoms with van der Waals surface area (Å²) in [7, 11) is 0. The maximum Gasteiger partial charge on any atom is 0.243 e. The maximum absolute atomic E-state index is 5.50. The van der Waals surface area contributed by atoms with Crippen LogP contribution in [0.5, 0.6) is 0 Å². The van der Waals surface area contributed by atoms with Crippen molar-refractivity contribution in [1.82, 2.24) is 30.0 Å². The number of H-pyrrole nitrogens is 1. The van der Waals surface area contributed by atoms with E-state index in [0.717, 1.165) is 54.7 Å². The molecule has 25 heavy (non-hydrogen) atoms. The molecule has 1 saturated carbocycles. The largest absolute Gasteiger partial charge is 0.353 e. The molecule has 3 aromatic rings. The molecule has 4 heterocycles. The predicted octanol–water partition coefficient (Wildman–Crippen LogP) is 2.10. The van der Waals surface area contributed by atoms with Crippen LogP contribution in [0.4, 0.5) is 5.82 Å². The molecule has 2 fully saturated rings. The van der Waals surface area contributed by atoms with Crippen molar-refractivity contribution in [2.45, 2.75) is 31.7 Å². The lowest BCUT2D eigenvalue weighted by Gasteiger charge is -2.37. The fourth-order valence-corrected chi connectivity index (χ4v) is 3.51. The second-order valence-electron chi connectivity index (χ2n) is 6.90. The summed E-state index contributed by atoms with van der Waals surface area (Å²) in [5.74, 6) is 3.16. The monoisotopic (exact) mass is 339 g/mol. The number of fused-ring (bicyclic) bond motifs is 1. The van der Waals surface area contributed by atoms with Crippen LogP contribution in [0, 0.1) is 0 Å². The summed E-state index contributed by atoms with van der Waals surface area (Å²) in [5.41, 5.74) is 0.888. The van der Waals surface area contributed by atoms with E-state index in [1.54, 1.807) is 6.33 Å². The van der Waals surface area contributed by atoms with Crippen LogP contribution < -0.4 is 4.90 Å². The Morgan fingerprint density at radius 3 is 2.84 bits per heavy atom. The van der Waals surface area contributed by atoms with Crippen molar-refractivity contribution in [3.05, 3.63) is 30.3 Å². The number of aromatic nitrogens is 5. The number of hydrogen-bond donors (Lipinski definition) is 1. The Kier molecular flexibility index (Phi) is 3.44. The molecule has 8 heteroatoms. The highest BCUT2D eigenvalue weighted by molar-refractivity contribution is 5.87. The summed E-state index contributed by atoms with van der Waals surface area (Å²) in [4.78, 5) is 21.2. The first-order valence-corrected chi connectivity index (χ1v) is 8.90.